The van der Waals surface area contributed by atoms with Gasteiger partial charge in [0.2, 0.25) is 15.9 Å². The Balaban J connectivity index is 1.93. The highest BCUT2D eigenvalue weighted by molar-refractivity contribution is 7.89. The van der Waals surface area contributed by atoms with Crippen LogP contribution in [0.25, 0.3) is 0 Å². The minimum Gasteiger partial charge on any atom is -0.354 e. The Morgan fingerprint density at radius 2 is 1.88 bits per heavy atom. The molecule has 0 aromatic rings. The molecule has 6 nitrogen and oxygen atoms in total. The number of likely N-dealkylation sites (N-methyl/N-ethyl adjacent to an activating group) is 1. The SMILES string of the molecule is CCCS(=O)(=O)N1CCCC(C(=O)NCC2(N(C)C)CCCCC2)C1. The number of hydrogen-bond donors (Lipinski definition) is 1. The molecule has 1 heterocycles. The van der Waals surface area contributed by atoms with E-state index in [4.69, 9.17) is 0 Å². The summed E-state index contributed by atoms with van der Waals surface area (Å²) < 4.78 is 26.1. The minimum absolute atomic E-state index is 0.0168. The lowest BCUT2D eigenvalue weighted by molar-refractivity contribution is -0.126. The predicted molar refractivity (Wildman–Crippen MR) is 101 cm³/mol. The lowest BCUT2D eigenvalue weighted by atomic mass is 9.80. The van der Waals surface area contributed by atoms with Crippen molar-refractivity contribution in [3.05, 3.63) is 0 Å². The van der Waals surface area contributed by atoms with Crippen LogP contribution in [0.4, 0.5) is 0 Å². The van der Waals surface area contributed by atoms with Gasteiger partial charge in [-0.3, -0.25) is 4.79 Å². The van der Waals surface area contributed by atoms with Crippen molar-refractivity contribution >= 4 is 15.9 Å². The summed E-state index contributed by atoms with van der Waals surface area (Å²) in [5, 5.41) is 3.15. The lowest BCUT2D eigenvalue weighted by Crippen LogP contribution is -2.55. The van der Waals surface area contributed by atoms with Gasteiger partial charge in [0.05, 0.1) is 11.7 Å². The first-order chi connectivity index (χ1) is 11.8. The van der Waals surface area contributed by atoms with E-state index in [1.54, 1.807) is 0 Å². The molecule has 0 aromatic heterocycles. The number of sulfonamides is 1. The van der Waals surface area contributed by atoms with Gasteiger partial charge >= 0.3 is 0 Å². The van der Waals surface area contributed by atoms with E-state index in [1.165, 1.54) is 23.6 Å². The van der Waals surface area contributed by atoms with E-state index < -0.39 is 10.0 Å². The maximum atomic E-state index is 12.7. The van der Waals surface area contributed by atoms with Gasteiger partial charge < -0.3 is 10.2 Å². The number of piperidine rings is 1. The zero-order valence-electron chi connectivity index (χ0n) is 16.1. The zero-order valence-corrected chi connectivity index (χ0v) is 16.9. The van der Waals surface area contributed by atoms with Crippen LogP contribution < -0.4 is 5.32 Å². The van der Waals surface area contributed by atoms with E-state index in [0.29, 0.717) is 26.1 Å². The Morgan fingerprint density at radius 3 is 2.48 bits per heavy atom. The van der Waals surface area contributed by atoms with E-state index >= 15 is 0 Å². The van der Waals surface area contributed by atoms with Gasteiger partial charge in [-0.2, -0.15) is 0 Å². The molecule has 2 aliphatic rings. The first kappa shape index (κ1) is 20.6. The van der Waals surface area contributed by atoms with Crippen molar-refractivity contribution < 1.29 is 13.2 Å². The van der Waals surface area contributed by atoms with E-state index in [9.17, 15) is 13.2 Å². The largest absolute Gasteiger partial charge is 0.354 e. The monoisotopic (exact) mass is 373 g/mol. The molecule has 1 saturated heterocycles. The third-order valence-electron chi connectivity index (χ3n) is 5.94. The average molecular weight is 374 g/mol. The molecule has 0 bridgehead atoms. The molecule has 1 amide bonds. The van der Waals surface area contributed by atoms with Gasteiger partial charge in [-0.25, -0.2) is 12.7 Å². The van der Waals surface area contributed by atoms with Gasteiger partial charge in [-0.15, -0.1) is 0 Å². The Morgan fingerprint density at radius 1 is 1.20 bits per heavy atom. The summed E-state index contributed by atoms with van der Waals surface area (Å²) in [5.74, 6) is -0.0307. The summed E-state index contributed by atoms with van der Waals surface area (Å²) in [5.41, 5.74) is 0.0521. The van der Waals surface area contributed by atoms with Crippen molar-refractivity contribution in [3.63, 3.8) is 0 Å². The zero-order chi connectivity index (χ0) is 18.5. The summed E-state index contributed by atoms with van der Waals surface area (Å²) in [6.07, 6.45) is 8.07. The predicted octanol–water partition coefficient (Wildman–Crippen LogP) is 1.82. The number of nitrogens with one attached hydrogen (secondary N) is 1. The highest BCUT2D eigenvalue weighted by Crippen LogP contribution is 2.31. The summed E-state index contributed by atoms with van der Waals surface area (Å²) in [4.78, 5) is 14.9. The lowest BCUT2D eigenvalue weighted by Gasteiger charge is -2.43. The molecular formula is C18H35N3O3S. The summed E-state index contributed by atoms with van der Waals surface area (Å²) in [6, 6.07) is 0. The van der Waals surface area contributed by atoms with Gasteiger partial charge in [0.15, 0.2) is 0 Å². The van der Waals surface area contributed by atoms with Gasteiger partial charge in [0.25, 0.3) is 0 Å². The maximum Gasteiger partial charge on any atom is 0.224 e. The molecule has 25 heavy (non-hydrogen) atoms. The Hall–Kier alpha value is -0.660. The van der Waals surface area contributed by atoms with Crippen LogP contribution in [0, 0.1) is 5.92 Å². The molecule has 2 fully saturated rings. The Labute approximate surface area is 153 Å². The second kappa shape index (κ2) is 8.82. The van der Waals surface area contributed by atoms with Gasteiger partial charge in [-0.1, -0.05) is 26.2 Å². The standard InChI is InChI=1S/C18H35N3O3S/c1-4-13-25(23,24)21-12-8-9-16(14-21)17(22)19-15-18(20(2)3)10-6-5-7-11-18/h16H,4-15H2,1-3H3,(H,19,22). The van der Waals surface area contributed by atoms with Crippen LogP contribution in [0.3, 0.4) is 0 Å². The molecule has 146 valence electrons. The van der Waals surface area contributed by atoms with Crippen LogP contribution in [-0.4, -0.2) is 68.6 Å². The summed E-state index contributed by atoms with van der Waals surface area (Å²) >= 11 is 0. The fourth-order valence-corrected chi connectivity index (χ4v) is 5.77. The molecule has 7 heteroatoms. The number of hydrogen-bond acceptors (Lipinski definition) is 4. The van der Waals surface area contributed by atoms with E-state index in [0.717, 1.165) is 25.7 Å². The van der Waals surface area contributed by atoms with E-state index in [-0.39, 0.29) is 23.1 Å². The first-order valence-corrected chi connectivity index (χ1v) is 11.3. The molecule has 2 rings (SSSR count). The molecule has 1 aliphatic heterocycles. The molecule has 0 spiro atoms. The molecular weight excluding hydrogens is 338 g/mol. The van der Waals surface area contributed by atoms with Crippen molar-refractivity contribution in [1.29, 1.82) is 0 Å². The van der Waals surface area contributed by atoms with Crippen molar-refractivity contribution in [2.75, 3.05) is 39.5 Å². The first-order valence-electron chi connectivity index (χ1n) is 9.74. The summed E-state index contributed by atoms with van der Waals surface area (Å²) in [6.45, 7) is 3.42. The normalized spacial score (nSPS) is 25.0. The topological polar surface area (TPSA) is 69.7 Å². The number of amides is 1. The van der Waals surface area contributed by atoms with Crippen molar-refractivity contribution in [3.8, 4) is 0 Å². The number of carbonyl (C=O) groups excluding carboxylic acids is 1. The third kappa shape index (κ3) is 5.17. The van der Waals surface area contributed by atoms with Crippen molar-refractivity contribution in [2.45, 2.75) is 63.8 Å². The fraction of sp³-hybridized carbons (Fsp3) is 0.944. The van der Waals surface area contributed by atoms with E-state index in [2.05, 4.69) is 24.3 Å². The van der Waals surface area contributed by atoms with Crippen LogP contribution in [0.1, 0.15) is 58.3 Å². The third-order valence-corrected chi connectivity index (χ3v) is 7.98. The fourth-order valence-electron chi connectivity index (χ4n) is 4.18. The quantitative estimate of drug-likeness (QED) is 0.739. The molecule has 1 N–H and O–H groups in total. The molecule has 1 unspecified atom stereocenters. The van der Waals surface area contributed by atoms with E-state index in [1.807, 2.05) is 6.92 Å². The van der Waals surface area contributed by atoms with Gasteiger partial charge in [0.1, 0.15) is 0 Å². The Bertz CT molecular complexity index is 542. The van der Waals surface area contributed by atoms with Gasteiger partial charge in [-0.05, 0) is 46.2 Å². The number of carbonyl (C=O) groups is 1. The van der Waals surface area contributed by atoms with Gasteiger partial charge in [0, 0.05) is 25.2 Å². The number of nitrogens with zero attached hydrogens (tertiary/aromatic N) is 2. The Kier molecular flexibility index (Phi) is 7.29. The number of rotatable bonds is 7. The van der Waals surface area contributed by atoms with Crippen LogP contribution in [0.5, 0.6) is 0 Å². The smallest absolute Gasteiger partial charge is 0.224 e. The van der Waals surface area contributed by atoms with Crippen LogP contribution in [0.15, 0.2) is 0 Å². The molecule has 0 aromatic carbocycles. The highest BCUT2D eigenvalue weighted by atomic mass is 32.2. The summed E-state index contributed by atoms with van der Waals surface area (Å²) in [7, 11) is 0.973. The molecule has 0 radical (unpaired) electrons. The second-order valence-corrected chi connectivity index (χ2v) is 10.00. The van der Waals surface area contributed by atoms with Crippen LogP contribution in [-0.2, 0) is 14.8 Å². The van der Waals surface area contributed by atoms with Crippen LogP contribution in [0.2, 0.25) is 0 Å². The average Bonchev–Trinajstić information content (AvgIpc) is 2.60. The van der Waals surface area contributed by atoms with Crippen LogP contribution >= 0.6 is 0 Å². The minimum atomic E-state index is -3.22. The molecule has 1 atom stereocenters. The second-order valence-electron chi connectivity index (χ2n) is 7.91. The van der Waals surface area contributed by atoms with Crippen molar-refractivity contribution in [1.82, 2.24) is 14.5 Å². The highest BCUT2D eigenvalue weighted by Gasteiger charge is 2.36. The maximum absolute atomic E-state index is 12.7. The van der Waals surface area contributed by atoms with Crippen molar-refractivity contribution in [2.24, 2.45) is 5.92 Å². The molecule has 1 aliphatic carbocycles. The molecule has 1 saturated carbocycles.